The molecule has 0 aromatic heterocycles. The van der Waals surface area contributed by atoms with Gasteiger partial charge < -0.3 is 20.9 Å². The molecule has 0 aliphatic heterocycles. The zero-order valence-electron chi connectivity index (χ0n) is 10.8. The first-order chi connectivity index (χ1) is 8.46. The fourth-order valence-electron chi connectivity index (χ4n) is 1.48. The molecule has 1 rings (SSSR count). The van der Waals surface area contributed by atoms with E-state index >= 15 is 0 Å². The van der Waals surface area contributed by atoms with Crippen LogP contribution < -0.4 is 11.1 Å². The molecule has 1 aromatic rings. The Hall–Kier alpha value is -1.59. The molecule has 0 saturated carbocycles. The Labute approximate surface area is 107 Å². The van der Waals surface area contributed by atoms with Crippen LogP contribution in [0.3, 0.4) is 0 Å². The molecule has 1 amide bonds. The maximum Gasteiger partial charge on any atom is 0.253 e. The van der Waals surface area contributed by atoms with Crippen LogP contribution in [-0.2, 0) is 4.74 Å². The highest BCUT2D eigenvalue weighted by molar-refractivity contribution is 5.99. The minimum atomic E-state index is -0.991. The van der Waals surface area contributed by atoms with Crippen LogP contribution in [0.1, 0.15) is 23.7 Å². The third kappa shape index (κ3) is 4.35. The third-order valence-electron chi connectivity index (χ3n) is 2.68. The van der Waals surface area contributed by atoms with Crippen LogP contribution in [0.2, 0.25) is 0 Å². The topological polar surface area (TPSA) is 84.6 Å². The van der Waals surface area contributed by atoms with Crippen LogP contribution in [-0.4, -0.2) is 36.9 Å². The lowest BCUT2D eigenvalue weighted by Gasteiger charge is -2.23. The Kier molecular flexibility index (Phi) is 5.12. The minimum absolute atomic E-state index is 0.156. The molecule has 0 radical (unpaired) electrons. The van der Waals surface area contributed by atoms with E-state index in [1.165, 1.54) is 0 Å². The summed E-state index contributed by atoms with van der Waals surface area (Å²) in [5.74, 6) is -0.286. The van der Waals surface area contributed by atoms with Gasteiger partial charge in [-0.1, -0.05) is 12.1 Å². The number of benzene rings is 1. The summed E-state index contributed by atoms with van der Waals surface area (Å²) in [6, 6.07) is 6.82. The monoisotopic (exact) mass is 252 g/mol. The van der Waals surface area contributed by atoms with E-state index in [1.807, 2.05) is 0 Å². The number of carbonyl (C=O) groups excluding carboxylic acids is 1. The molecule has 100 valence electrons. The molecule has 0 spiro atoms. The van der Waals surface area contributed by atoms with Gasteiger partial charge in [0.2, 0.25) is 0 Å². The number of nitrogen functional groups attached to an aromatic ring is 1. The van der Waals surface area contributed by atoms with Crippen molar-refractivity contribution >= 4 is 11.6 Å². The van der Waals surface area contributed by atoms with Crippen molar-refractivity contribution in [2.75, 3.05) is 26.0 Å². The summed E-state index contributed by atoms with van der Waals surface area (Å²) in [7, 11) is 1.57. The Balaban J connectivity index is 2.54. The van der Waals surface area contributed by atoms with Crippen molar-refractivity contribution < 1.29 is 14.6 Å². The number of carbonyl (C=O) groups is 1. The Morgan fingerprint density at radius 1 is 1.50 bits per heavy atom. The van der Waals surface area contributed by atoms with E-state index in [1.54, 1.807) is 38.3 Å². The summed E-state index contributed by atoms with van der Waals surface area (Å²) in [6.45, 7) is 2.25. The van der Waals surface area contributed by atoms with Gasteiger partial charge in [-0.15, -0.1) is 0 Å². The van der Waals surface area contributed by atoms with Gasteiger partial charge in [0, 0.05) is 32.4 Å². The molecule has 0 aliphatic carbocycles. The molecule has 0 fully saturated rings. The number of hydrogen-bond acceptors (Lipinski definition) is 4. The second-order valence-electron chi connectivity index (χ2n) is 4.51. The summed E-state index contributed by atoms with van der Waals surface area (Å²) < 4.78 is 4.90. The van der Waals surface area contributed by atoms with Crippen LogP contribution in [0.5, 0.6) is 0 Å². The molecule has 1 aromatic carbocycles. The average Bonchev–Trinajstić information content (AvgIpc) is 2.34. The molecule has 1 unspecified atom stereocenters. The summed E-state index contributed by atoms with van der Waals surface area (Å²) >= 11 is 0. The van der Waals surface area contributed by atoms with Gasteiger partial charge in [0.1, 0.15) is 0 Å². The lowest BCUT2D eigenvalue weighted by molar-refractivity contribution is 0.0244. The first-order valence-electron chi connectivity index (χ1n) is 5.80. The van der Waals surface area contributed by atoms with E-state index in [2.05, 4.69) is 5.32 Å². The van der Waals surface area contributed by atoms with E-state index in [4.69, 9.17) is 10.5 Å². The fraction of sp³-hybridized carbons (Fsp3) is 0.462. The van der Waals surface area contributed by atoms with Crippen LogP contribution in [0, 0.1) is 0 Å². The molecule has 1 atom stereocenters. The van der Waals surface area contributed by atoms with Gasteiger partial charge in [-0.05, 0) is 19.1 Å². The number of hydrogen-bond donors (Lipinski definition) is 3. The van der Waals surface area contributed by atoms with Crippen molar-refractivity contribution in [1.29, 1.82) is 0 Å². The number of nitrogens with two attached hydrogens (primary N) is 1. The number of anilines is 1. The maximum atomic E-state index is 11.9. The summed E-state index contributed by atoms with van der Waals surface area (Å²) in [5.41, 5.74) is 5.55. The summed E-state index contributed by atoms with van der Waals surface area (Å²) in [4.78, 5) is 11.9. The van der Waals surface area contributed by atoms with Crippen molar-refractivity contribution in [3.8, 4) is 0 Å². The predicted octanol–water partition coefficient (Wildman–Crippen LogP) is 0.786. The van der Waals surface area contributed by atoms with E-state index < -0.39 is 5.60 Å². The number of aliphatic hydroxyl groups is 1. The van der Waals surface area contributed by atoms with Gasteiger partial charge in [-0.25, -0.2) is 0 Å². The average molecular weight is 252 g/mol. The smallest absolute Gasteiger partial charge is 0.253 e. The molecule has 4 N–H and O–H groups in total. The molecule has 5 nitrogen and oxygen atoms in total. The Morgan fingerprint density at radius 2 is 2.17 bits per heavy atom. The van der Waals surface area contributed by atoms with Gasteiger partial charge in [0.05, 0.1) is 11.2 Å². The molecular weight excluding hydrogens is 232 g/mol. The van der Waals surface area contributed by atoms with E-state index in [0.29, 0.717) is 24.3 Å². The molecule has 0 aliphatic rings. The molecule has 0 bridgehead atoms. The van der Waals surface area contributed by atoms with Gasteiger partial charge in [-0.3, -0.25) is 4.79 Å². The normalized spacial score (nSPS) is 13.9. The SMILES string of the molecule is COCCC(C)(O)CNC(=O)c1ccccc1N. The highest BCUT2D eigenvalue weighted by Gasteiger charge is 2.21. The number of nitrogens with one attached hydrogen (secondary N) is 1. The van der Waals surface area contributed by atoms with Gasteiger partial charge in [0.25, 0.3) is 5.91 Å². The summed E-state index contributed by atoms with van der Waals surface area (Å²) in [5, 5.41) is 12.6. The van der Waals surface area contributed by atoms with E-state index in [9.17, 15) is 9.90 Å². The van der Waals surface area contributed by atoms with Gasteiger partial charge >= 0.3 is 0 Å². The van der Waals surface area contributed by atoms with Crippen molar-refractivity contribution in [2.24, 2.45) is 0 Å². The molecule has 18 heavy (non-hydrogen) atoms. The summed E-state index contributed by atoms with van der Waals surface area (Å²) in [6.07, 6.45) is 0.452. The lowest BCUT2D eigenvalue weighted by Crippen LogP contribution is -2.41. The molecule has 0 saturated heterocycles. The highest BCUT2D eigenvalue weighted by Crippen LogP contribution is 2.12. The lowest BCUT2D eigenvalue weighted by atomic mass is 10.0. The zero-order valence-corrected chi connectivity index (χ0v) is 10.8. The third-order valence-corrected chi connectivity index (χ3v) is 2.68. The Morgan fingerprint density at radius 3 is 2.78 bits per heavy atom. The first-order valence-corrected chi connectivity index (χ1v) is 5.80. The first kappa shape index (κ1) is 14.5. The standard InChI is InChI=1S/C13H20N2O3/c1-13(17,7-8-18-2)9-15-12(16)10-5-3-4-6-11(10)14/h3-6,17H,7-9,14H2,1-2H3,(H,15,16). The quantitative estimate of drug-likeness (QED) is 0.653. The van der Waals surface area contributed by atoms with Crippen molar-refractivity contribution in [1.82, 2.24) is 5.32 Å². The molecular formula is C13H20N2O3. The van der Waals surface area contributed by atoms with Gasteiger partial charge in [0.15, 0.2) is 0 Å². The van der Waals surface area contributed by atoms with Crippen molar-refractivity contribution in [2.45, 2.75) is 18.9 Å². The van der Waals surface area contributed by atoms with Crippen LogP contribution in [0.15, 0.2) is 24.3 Å². The maximum absolute atomic E-state index is 11.9. The van der Waals surface area contributed by atoms with E-state index in [-0.39, 0.29) is 12.5 Å². The van der Waals surface area contributed by atoms with E-state index in [0.717, 1.165) is 0 Å². The number of methoxy groups -OCH3 is 1. The fourth-order valence-corrected chi connectivity index (χ4v) is 1.48. The number of amides is 1. The minimum Gasteiger partial charge on any atom is -0.398 e. The van der Waals surface area contributed by atoms with Crippen LogP contribution >= 0.6 is 0 Å². The second kappa shape index (κ2) is 6.37. The van der Waals surface area contributed by atoms with Crippen LogP contribution in [0.4, 0.5) is 5.69 Å². The number of ether oxygens (including phenoxy) is 1. The van der Waals surface area contributed by atoms with Crippen LogP contribution in [0.25, 0.3) is 0 Å². The van der Waals surface area contributed by atoms with Crippen molar-refractivity contribution in [3.05, 3.63) is 29.8 Å². The van der Waals surface area contributed by atoms with Gasteiger partial charge in [-0.2, -0.15) is 0 Å². The van der Waals surface area contributed by atoms with Crippen molar-refractivity contribution in [3.63, 3.8) is 0 Å². The number of para-hydroxylation sites is 1. The zero-order chi connectivity index (χ0) is 13.6. The number of rotatable bonds is 6. The predicted molar refractivity (Wildman–Crippen MR) is 70.3 cm³/mol. The Bertz CT molecular complexity index is 405. The molecule has 0 heterocycles. The molecule has 5 heteroatoms. The highest BCUT2D eigenvalue weighted by atomic mass is 16.5. The second-order valence-corrected chi connectivity index (χ2v) is 4.51. The largest absolute Gasteiger partial charge is 0.398 e.